The van der Waals surface area contributed by atoms with E-state index >= 15 is 0 Å². The first-order valence-corrected chi connectivity index (χ1v) is 4.00. The topological polar surface area (TPSA) is 47.9 Å². The van der Waals surface area contributed by atoms with Crippen LogP contribution in [0.2, 0.25) is 0 Å². The van der Waals surface area contributed by atoms with Gasteiger partial charge in [0.2, 0.25) is 0 Å². The maximum atomic E-state index is 12.8. The highest BCUT2D eigenvalue weighted by atomic mass is 19.1. The van der Waals surface area contributed by atoms with Crippen LogP contribution >= 0.6 is 0 Å². The normalized spacial score (nSPS) is 12.9. The molecule has 72 valence electrons. The maximum Gasteiger partial charge on any atom is 0.187 e. The smallest absolute Gasteiger partial charge is 0.187 e. The highest BCUT2D eigenvalue weighted by Crippen LogP contribution is 2.21. The largest absolute Gasteiger partial charge is 0.503 e. The molecule has 0 amide bonds. The Labute approximate surface area is 75.0 Å². The minimum Gasteiger partial charge on any atom is -0.503 e. The Morgan fingerprint density at radius 3 is 2.23 bits per heavy atom. The van der Waals surface area contributed by atoms with Gasteiger partial charge in [-0.05, 0) is 24.6 Å². The van der Waals surface area contributed by atoms with Crippen LogP contribution in [0.1, 0.15) is 12.5 Å². The van der Waals surface area contributed by atoms with Gasteiger partial charge in [0.1, 0.15) is 0 Å². The van der Waals surface area contributed by atoms with E-state index in [1.165, 1.54) is 0 Å². The van der Waals surface area contributed by atoms with E-state index in [1.54, 1.807) is 0 Å². The number of hydrogen-bond acceptors (Lipinski definition) is 1. The second kappa shape index (κ2) is 3.70. The summed E-state index contributed by atoms with van der Waals surface area (Å²) >= 11 is 0. The predicted octanol–water partition coefficient (Wildman–Crippen LogP) is 0.843. The van der Waals surface area contributed by atoms with Crippen molar-refractivity contribution < 1.29 is 19.6 Å². The molecule has 2 nitrogen and oxygen atoms in total. The Morgan fingerprint density at radius 1 is 1.38 bits per heavy atom. The fourth-order valence-corrected chi connectivity index (χ4v) is 1.14. The Bertz CT molecular complexity index is 289. The second-order valence-electron chi connectivity index (χ2n) is 3.22. The van der Waals surface area contributed by atoms with E-state index < -0.39 is 17.4 Å². The summed E-state index contributed by atoms with van der Waals surface area (Å²) in [6, 6.07) is 2.34. The number of rotatable bonds is 2. The average Bonchev–Trinajstić information content (AvgIpc) is 1.98. The molecule has 1 atom stereocenters. The first-order chi connectivity index (χ1) is 6.00. The molecule has 0 aliphatic carbocycles. The van der Waals surface area contributed by atoms with Crippen molar-refractivity contribution in [1.82, 2.24) is 0 Å². The number of phenolic OH excluding ortho intramolecular Hbond substituents is 1. The average molecular weight is 188 g/mol. The van der Waals surface area contributed by atoms with Gasteiger partial charge in [0, 0.05) is 6.42 Å². The van der Waals surface area contributed by atoms with Crippen LogP contribution in [0.4, 0.5) is 8.78 Å². The fourth-order valence-electron chi connectivity index (χ4n) is 1.14. The summed E-state index contributed by atoms with van der Waals surface area (Å²) < 4.78 is 25.6. The first-order valence-electron chi connectivity index (χ1n) is 4.00. The summed E-state index contributed by atoms with van der Waals surface area (Å²) in [5.74, 6) is -2.76. The third kappa shape index (κ3) is 2.39. The standard InChI is InChI=1S/C9H11F2NO/c1-5(12)2-6-3-7(10)9(13)8(11)4-6/h3-5,13H,2,12H2,1H3/p+1. The molecule has 1 aromatic carbocycles. The van der Waals surface area contributed by atoms with Crippen LogP contribution in [0.3, 0.4) is 0 Å². The lowest BCUT2D eigenvalue weighted by Gasteiger charge is -2.04. The zero-order chi connectivity index (χ0) is 10.0. The molecule has 1 aromatic rings. The van der Waals surface area contributed by atoms with Crippen molar-refractivity contribution in [3.63, 3.8) is 0 Å². The number of phenols is 1. The lowest BCUT2D eigenvalue weighted by atomic mass is 10.1. The van der Waals surface area contributed by atoms with Gasteiger partial charge in [-0.3, -0.25) is 0 Å². The molecule has 0 fully saturated rings. The Kier molecular flexibility index (Phi) is 2.83. The highest BCUT2D eigenvalue weighted by molar-refractivity contribution is 5.30. The monoisotopic (exact) mass is 188 g/mol. The number of benzene rings is 1. The van der Waals surface area contributed by atoms with Crippen molar-refractivity contribution in [2.45, 2.75) is 19.4 Å². The molecule has 0 spiro atoms. The summed E-state index contributed by atoms with van der Waals surface area (Å²) in [4.78, 5) is 0. The van der Waals surface area contributed by atoms with Crippen molar-refractivity contribution >= 4 is 0 Å². The minimum absolute atomic E-state index is 0.0864. The van der Waals surface area contributed by atoms with Crippen LogP contribution in [-0.2, 0) is 6.42 Å². The molecule has 0 saturated heterocycles. The van der Waals surface area contributed by atoms with Gasteiger partial charge in [0.15, 0.2) is 17.4 Å². The minimum atomic E-state index is -0.921. The molecule has 4 N–H and O–H groups in total. The summed E-state index contributed by atoms with van der Waals surface area (Å²) in [5, 5.41) is 8.80. The highest BCUT2D eigenvalue weighted by Gasteiger charge is 2.10. The van der Waals surface area contributed by atoms with Crippen LogP contribution in [0.25, 0.3) is 0 Å². The third-order valence-electron chi connectivity index (χ3n) is 1.66. The molecular weight excluding hydrogens is 176 g/mol. The third-order valence-corrected chi connectivity index (χ3v) is 1.66. The van der Waals surface area contributed by atoms with E-state index in [-0.39, 0.29) is 6.04 Å². The molecule has 0 bridgehead atoms. The van der Waals surface area contributed by atoms with Crippen molar-refractivity contribution in [3.8, 4) is 5.75 Å². The van der Waals surface area contributed by atoms with E-state index in [2.05, 4.69) is 5.73 Å². The van der Waals surface area contributed by atoms with Crippen LogP contribution in [0.5, 0.6) is 5.75 Å². The predicted molar refractivity (Wildman–Crippen MR) is 44.1 cm³/mol. The summed E-state index contributed by atoms with van der Waals surface area (Å²) in [7, 11) is 0. The van der Waals surface area contributed by atoms with Crippen molar-refractivity contribution in [1.29, 1.82) is 0 Å². The Balaban J connectivity index is 2.99. The van der Waals surface area contributed by atoms with Gasteiger partial charge in [-0.2, -0.15) is 0 Å². The van der Waals surface area contributed by atoms with Gasteiger partial charge in [-0.25, -0.2) is 8.78 Å². The Hall–Kier alpha value is -1.16. The number of quaternary nitrogens is 1. The summed E-state index contributed by atoms with van der Waals surface area (Å²) in [6.45, 7) is 1.85. The molecule has 4 heteroatoms. The zero-order valence-electron chi connectivity index (χ0n) is 7.35. The summed E-state index contributed by atoms with van der Waals surface area (Å²) in [5.41, 5.74) is 4.22. The number of hydrogen-bond donors (Lipinski definition) is 2. The Morgan fingerprint density at radius 2 is 1.85 bits per heavy atom. The lowest BCUT2D eigenvalue weighted by Crippen LogP contribution is -2.60. The number of aromatic hydroxyl groups is 1. The van der Waals surface area contributed by atoms with Gasteiger partial charge in [-0.15, -0.1) is 0 Å². The zero-order valence-corrected chi connectivity index (χ0v) is 7.35. The molecule has 0 aliphatic rings. The molecular formula is C9H12F2NO+. The van der Waals surface area contributed by atoms with Gasteiger partial charge in [-0.1, -0.05) is 0 Å². The van der Waals surface area contributed by atoms with Crippen molar-refractivity contribution in [2.24, 2.45) is 0 Å². The molecule has 0 radical (unpaired) electrons. The molecule has 13 heavy (non-hydrogen) atoms. The SMILES string of the molecule is CC([NH3+])Cc1cc(F)c(O)c(F)c1. The van der Waals surface area contributed by atoms with Gasteiger partial charge < -0.3 is 10.8 Å². The van der Waals surface area contributed by atoms with E-state index in [1.807, 2.05) is 6.92 Å². The van der Waals surface area contributed by atoms with Gasteiger partial charge in [0.25, 0.3) is 0 Å². The molecule has 0 heterocycles. The van der Waals surface area contributed by atoms with Crippen LogP contribution in [0, 0.1) is 11.6 Å². The molecule has 0 saturated carbocycles. The quantitative estimate of drug-likeness (QED) is 0.710. The van der Waals surface area contributed by atoms with Crippen LogP contribution in [0.15, 0.2) is 12.1 Å². The van der Waals surface area contributed by atoms with Crippen molar-refractivity contribution in [2.75, 3.05) is 0 Å². The molecule has 0 aromatic heterocycles. The first kappa shape index (κ1) is 9.92. The lowest BCUT2D eigenvalue weighted by molar-refractivity contribution is -0.413. The fraction of sp³-hybridized carbons (Fsp3) is 0.333. The van der Waals surface area contributed by atoms with Crippen molar-refractivity contribution in [3.05, 3.63) is 29.3 Å². The maximum absolute atomic E-state index is 12.8. The van der Waals surface area contributed by atoms with Crippen LogP contribution in [-0.4, -0.2) is 11.1 Å². The van der Waals surface area contributed by atoms with E-state index in [4.69, 9.17) is 5.11 Å². The van der Waals surface area contributed by atoms with E-state index in [9.17, 15) is 8.78 Å². The summed E-state index contributed by atoms with van der Waals surface area (Å²) in [6.07, 6.45) is 0.494. The molecule has 0 aliphatic heterocycles. The van der Waals surface area contributed by atoms with Gasteiger partial charge >= 0.3 is 0 Å². The van der Waals surface area contributed by atoms with Gasteiger partial charge in [0.05, 0.1) is 6.04 Å². The van der Waals surface area contributed by atoms with Crippen LogP contribution < -0.4 is 5.73 Å². The number of halogens is 2. The molecule has 1 unspecified atom stereocenters. The van der Waals surface area contributed by atoms with E-state index in [0.29, 0.717) is 12.0 Å². The van der Waals surface area contributed by atoms with E-state index in [0.717, 1.165) is 12.1 Å². The second-order valence-corrected chi connectivity index (χ2v) is 3.22. The molecule has 1 rings (SSSR count).